The van der Waals surface area contributed by atoms with Gasteiger partial charge in [-0.1, -0.05) is 24.3 Å². The highest BCUT2D eigenvalue weighted by Gasteiger charge is 2.55. The second-order valence-electron chi connectivity index (χ2n) is 7.14. The van der Waals surface area contributed by atoms with E-state index in [4.69, 9.17) is 4.74 Å². The molecule has 0 saturated carbocycles. The summed E-state index contributed by atoms with van der Waals surface area (Å²) in [6.07, 6.45) is 2.33. The third-order valence-corrected chi connectivity index (χ3v) is 6.51. The second kappa shape index (κ2) is 6.40. The van der Waals surface area contributed by atoms with Gasteiger partial charge in [0.2, 0.25) is 10.0 Å². The fourth-order valence-corrected chi connectivity index (χ4v) is 5.18. The third-order valence-electron chi connectivity index (χ3n) is 5.23. The normalized spacial score (nSPS) is 24.9. The Balaban J connectivity index is 1.61. The van der Waals surface area contributed by atoms with Gasteiger partial charge in [-0.15, -0.1) is 0 Å². The Morgan fingerprint density at radius 3 is 2.78 bits per heavy atom. The number of nitrogens with zero attached hydrogens (tertiary/aromatic N) is 2. The van der Waals surface area contributed by atoms with E-state index in [1.165, 1.54) is 10.6 Å². The number of fused-ring (bicyclic) bond motifs is 2. The van der Waals surface area contributed by atoms with Gasteiger partial charge in [-0.05, 0) is 30.2 Å². The molecule has 2 atom stereocenters. The SMILES string of the molecule is Cc1ccc(NC(=O)[C@H]2C[C@@]3(CO2)c2ccccc2CN3S(C)(=O)=O)cn1. The van der Waals surface area contributed by atoms with Crippen LogP contribution in [0.2, 0.25) is 0 Å². The molecule has 2 aliphatic heterocycles. The number of benzene rings is 1. The number of amides is 1. The average Bonchev–Trinajstić information content (AvgIpc) is 3.20. The van der Waals surface area contributed by atoms with Crippen LogP contribution >= 0.6 is 0 Å². The molecule has 0 bridgehead atoms. The van der Waals surface area contributed by atoms with Crippen molar-refractivity contribution in [3.05, 3.63) is 59.4 Å². The van der Waals surface area contributed by atoms with E-state index in [9.17, 15) is 13.2 Å². The first-order valence-corrected chi connectivity index (χ1v) is 10.6. The van der Waals surface area contributed by atoms with Crippen LogP contribution in [-0.4, -0.2) is 42.6 Å². The van der Waals surface area contributed by atoms with E-state index in [0.29, 0.717) is 12.2 Å². The van der Waals surface area contributed by atoms with Crippen LogP contribution in [0.1, 0.15) is 23.2 Å². The van der Waals surface area contributed by atoms with E-state index in [-0.39, 0.29) is 18.9 Å². The molecule has 8 heteroatoms. The van der Waals surface area contributed by atoms with Crippen molar-refractivity contribution in [2.45, 2.75) is 31.5 Å². The molecule has 0 aliphatic carbocycles. The summed E-state index contributed by atoms with van der Waals surface area (Å²) >= 11 is 0. The number of ether oxygens (including phenoxy) is 1. The molecule has 1 saturated heterocycles. The number of hydrogen-bond donors (Lipinski definition) is 1. The molecule has 1 aromatic carbocycles. The lowest BCUT2D eigenvalue weighted by atomic mass is 9.88. The maximum absolute atomic E-state index is 12.7. The molecule has 0 unspecified atom stereocenters. The van der Waals surface area contributed by atoms with E-state index < -0.39 is 21.7 Å². The van der Waals surface area contributed by atoms with E-state index in [1.807, 2.05) is 37.3 Å². The van der Waals surface area contributed by atoms with Crippen LogP contribution in [0.5, 0.6) is 0 Å². The van der Waals surface area contributed by atoms with Gasteiger partial charge in [0.1, 0.15) is 6.10 Å². The Kier molecular flexibility index (Phi) is 4.29. The number of pyridine rings is 1. The minimum Gasteiger partial charge on any atom is -0.366 e. The van der Waals surface area contributed by atoms with Crippen molar-refractivity contribution in [2.75, 3.05) is 18.2 Å². The van der Waals surface area contributed by atoms with Gasteiger partial charge in [0.25, 0.3) is 5.91 Å². The Bertz CT molecular complexity index is 990. The molecule has 0 radical (unpaired) electrons. The van der Waals surface area contributed by atoms with Crippen LogP contribution in [0.3, 0.4) is 0 Å². The molecule has 1 amide bonds. The van der Waals surface area contributed by atoms with Crippen LogP contribution in [-0.2, 0) is 31.6 Å². The molecule has 1 aromatic heterocycles. The fraction of sp³-hybridized carbons (Fsp3) is 0.368. The quantitative estimate of drug-likeness (QED) is 0.867. The number of sulfonamides is 1. The summed E-state index contributed by atoms with van der Waals surface area (Å²) in [4.78, 5) is 16.8. The first kappa shape index (κ1) is 18.1. The zero-order valence-corrected chi connectivity index (χ0v) is 16.0. The van der Waals surface area contributed by atoms with Gasteiger partial charge < -0.3 is 10.1 Å². The summed E-state index contributed by atoms with van der Waals surface area (Å²) in [5.74, 6) is -0.296. The molecule has 1 N–H and O–H groups in total. The number of aryl methyl sites for hydroxylation is 1. The lowest BCUT2D eigenvalue weighted by molar-refractivity contribution is -0.124. The molecule has 142 valence electrons. The number of rotatable bonds is 3. The van der Waals surface area contributed by atoms with Crippen LogP contribution in [0.25, 0.3) is 0 Å². The van der Waals surface area contributed by atoms with Gasteiger partial charge in [0.15, 0.2) is 0 Å². The van der Waals surface area contributed by atoms with Crippen molar-refractivity contribution in [3.8, 4) is 0 Å². The van der Waals surface area contributed by atoms with Gasteiger partial charge in [0, 0.05) is 18.7 Å². The number of anilines is 1. The molecule has 3 heterocycles. The monoisotopic (exact) mass is 387 g/mol. The number of hydrogen-bond acceptors (Lipinski definition) is 5. The van der Waals surface area contributed by atoms with E-state index in [2.05, 4.69) is 10.3 Å². The predicted octanol–water partition coefficient (Wildman–Crippen LogP) is 1.79. The van der Waals surface area contributed by atoms with Gasteiger partial charge in [0.05, 0.1) is 30.3 Å². The summed E-state index contributed by atoms with van der Waals surface area (Å²) in [6.45, 7) is 2.32. The summed E-state index contributed by atoms with van der Waals surface area (Å²) in [6, 6.07) is 11.2. The number of carbonyl (C=O) groups is 1. The Morgan fingerprint density at radius 2 is 2.07 bits per heavy atom. The maximum atomic E-state index is 12.7. The molecule has 4 rings (SSSR count). The zero-order chi connectivity index (χ0) is 19.2. The largest absolute Gasteiger partial charge is 0.366 e. The summed E-state index contributed by atoms with van der Waals surface area (Å²) in [5, 5.41) is 2.80. The van der Waals surface area contributed by atoms with Gasteiger partial charge in [-0.25, -0.2) is 8.42 Å². The first-order chi connectivity index (χ1) is 12.8. The first-order valence-electron chi connectivity index (χ1n) is 8.71. The van der Waals surface area contributed by atoms with Crippen molar-refractivity contribution in [2.24, 2.45) is 0 Å². The van der Waals surface area contributed by atoms with Crippen LogP contribution in [0.4, 0.5) is 5.69 Å². The zero-order valence-electron chi connectivity index (χ0n) is 15.2. The van der Waals surface area contributed by atoms with Crippen molar-refractivity contribution < 1.29 is 17.9 Å². The van der Waals surface area contributed by atoms with Crippen molar-refractivity contribution in [3.63, 3.8) is 0 Å². The standard InChI is InChI=1S/C19H21N3O4S/c1-13-7-8-15(10-20-13)21-18(23)17-9-19(12-26-17)16-6-4-3-5-14(16)11-22(19)27(2,24)25/h3-8,10,17H,9,11-12H2,1-2H3,(H,21,23)/t17-,19-/m1/s1. The summed E-state index contributed by atoms with van der Waals surface area (Å²) in [7, 11) is -3.46. The highest BCUT2D eigenvalue weighted by molar-refractivity contribution is 7.88. The van der Waals surface area contributed by atoms with Crippen molar-refractivity contribution >= 4 is 21.6 Å². The Hall–Kier alpha value is -2.29. The average molecular weight is 387 g/mol. The molecular weight excluding hydrogens is 366 g/mol. The molecule has 2 aliphatic rings. The second-order valence-corrected chi connectivity index (χ2v) is 9.05. The van der Waals surface area contributed by atoms with Crippen molar-refractivity contribution in [1.82, 2.24) is 9.29 Å². The van der Waals surface area contributed by atoms with E-state index in [1.54, 1.807) is 12.3 Å². The maximum Gasteiger partial charge on any atom is 0.253 e. The highest BCUT2D eigenvalue weighted by atomic mass is 32.2. The molecule has 7 nitrogen and oxygen atoms in total. The highest BCUT2D eigenvalue weighted by Crippen LogP contribution is 2.48. The van der Waals surface area contributed by atoms with Gasteiger partial charge in [-0.3, -0.25) is 9.78 Å². The number of aromatic nitrogens is 1. The number of carbonyl (C=O) groups excluding carboxylic acids is 1. The van der Waals surface area contributed by atoms with Crippen molar-refractivity contribution in [1.29, 1.82) is 0 Å². The lowest BCUT2D eigenvalue weighted by Gasteiger charge is -2.32. The fourth-order valence-electron chi connectivity index (χ4n) is 3.94. The minimum atomic E-state index is -3.46. The third kappa shape index (κ3) is 3.13. The number of nitrogens with one attached hydrogen (secondary N) is 1. The van der Waals surface area contributed by atoms with Crippen LogP contribution in [0.15, 0.2) is 42.6 Å². The van der Waals surface area contributed by atoms with Gasteiger partial charge >= 0.3 is 0 Å². The summed E-state index contributed by atoms with van der Waals surface area (Å²) in [5.41, 5.74) is 2.48. The van der Waals surface area contributed by atoms with E-state index in [0.717, 1.165) is 16.8 Å². The molecule has 2 aromatic rings. The van der Waals surface area contributed by atoms with Crippen LogP contribution in [0, 0.1) is 6.92 Å². The lowest BCUT2D eigenvalue weighted by Crippen LogP contribution is -2.45. The Morgan fingerprint density at radius 1 is 1.30 bits per heavy atom. The molecule has 1 fully saturated rings. The summed E-state index contributed by atoms with van der Waals surface area (Å²) < 4.78 is 32.1. The molecule has 1 spiro atoms. The van der Waals surface area contributed by atoms with Gasteiger partial charge in [-0.2, -0.15) is 4.31 Å². The smallest absolute Gasteiger partial charge is 0.253 e. The minimum absolute atomic E-state index is 0.154. The topological polar surface area (TPSA) is 88.6 Å². The van der Waals surface area contributed by atoms with E-state index >= 15 is 0 Å². The molecular formula is C19H21N3O4S. The molecule has 27 heavy (non-hydrogen) atoms. The van der Waals surface area contributed by atoms with Crippen LogP contribution < -0.4 is 5.32 Å². The predicted molar refractivity (Wildman–Crippen MR) is 100 cm³/mol. The Labute approximate surface area is 158 Å².